The highest BCUT2D eigenvalue weighted by Gasteiger charge is 2.43. The van der Waals surface area contributed by atoms with Gasteiger partial charge in [0.15, 0.2) is 11.6 Å². The average molecular weight is 583 g/mol. The van der Waals surface area contributed by atoms with Crippen LogP contribution in [0.1, 0.15) is 33.9 Å². The third-order valence-electron chi connectivity index (χ3n) is 7.58. The summed E-state index contributed by atoms with van der Waals surface area (Å²) in [6.45, 7) is 0. The van der Waals surface area contributed by atoms with Gasteiger partial charge >= 0.3 is 6.18 Å². The van der Waals surface area contributed by atoms with Crippen LogP contribution in [0.15, 0.2) is 172 Å². The summed E-state index contributed by atoms with van der Waals surface area (Å²) in [5, 5.41) is 0. The van der Waals surface area contributed by atoms with E-state index in [-0.39, 0.29) is 17.3 Å². The fourth-order valence-corrected chi connectivity index (χ4v) is 5.62. The van der Waals surface area contributed by atoms with Crippen molar-refractivity contribution in [2.45, 2.75) is 12.2 Å². The van der Waals surface area contributed by atoms with Crippen LogP contribution < -0.4 is 4.90 Å². The van der Waals surface area contributed by atoms with Crippen molar-refractivity contribution < 1.29 is 13.2 Å². The van der Waals surface area contributed by atoms with E-state index in [2.05, 4.69) is 0 Å². The Morgan fingerprint density at radius 2 is 0.955 bits per heavy atom. The van der Waals surface area contributed by atoms with Gasteiger partial charge in [0, 0.05) is 11.1 Å². The number of halogens is 3. The molecule has 0 amide bonds. The van der Waals surface area contributed by atoms with Crippen molar-refractivity contribution in [2.24, 2.45) is 15.0 Å². The first-order chi connectivity index (χ1) is 21.5. The summed E-state index contributed by atoms with van der Waals surface area (Å²) in [5.41, 5.74) is 4.36. The molecular weight excluding hydrogens is 557 g/mol. The quantitative estimate of drug-likeness (QED) is 0.204. The van der Waals surface area contributed by atoms with E-state index in [4.69, 9.17) is 15.0 Å². The van der Waals surface area contributed by atoms with Gasteiger partial charge in [-0.3, -0.25) is 0 Å². The molecule has 0 saturated heterocycles. The summed E-state index contributed by atoms with van der Waals surface area (Å²) < 4.78 is 43.8. The molecule has 0 spiro atoms. The first kappa shape index (κ1) is 27.3. The summed E-state index contributed by atoms with van der Waals surface area (Å²) in [5.74, 6) is 0.486. The molecule has 5 aromatic carbocycles. The third-order valence-corrected chi connectivity index (χ3v) is 7.58. The van der Waals surface area contributed by atoms with E-state index in [1.165, 1.54) is 12.1 Å². The molecule has 5 aromatic rings. The number of anilines is 1. The van der Waals surface area contributed by atoms with Gasteiger partial charge in [0.2, 0.25) is 0 Å². The highest BCUT2D eigenvalue weighted by molar-refractivity contribution is 6.55. The molecule has 0 N–H and O–H groups in total. The minimum atomic E-state index is -4.60. The summed E-state index contributed by atoms with van der Waals surface area (Å²) in [7, 11) is 0. The van der Waals surface area contributed by atoms with E-state index in [1.54, 1.807) is 11.0 Å². The lowest BCUT2D eigenvalue weighted by Gasteiger charge is -2.30. The smallest absolute Gasteiger partial charge is 0.309 e. The Labute approximate surface area is 252 Å². The van der Waals surface area contributed by atoms with Crippen LogP contribution >= 0.6 is 0 Å². The Kier molecular flexibility index (Phi) is 6.98. The van der Waals surface area contributed by atoms with Gasteiger partial charge in [-0.25, -0.2) is 15.0 Å². The van der Waals surface area contributed by atoms with Crippen LogP contribution in [0.2, 0.25) is 0 Å². The van der Waals surface area contributed by atoms with Crippen molar-refractivity contribution in [3.8, 4) is 0 Å². The molecule has 0 radical (unpaired) electrons. The zero-order valence-electron chi connectivity index (χ0n) is 23.4. The summed E-state index contributed by atoms with van der Waals surface area (Å²) in [4.78, 5) is 16.7. The first-order valence-electron chi connectivity index (χ1n) is 14.2. The fourth-order valence-electron chi connectivity index (χ4n) is 5.62. The number of nitrogens with zero attached hydrogens (tertiary/aromatic N) is 4. The summed E-state index contributed by atoms with van der Waals surface area (Å²) in [6.07, 6.45) is -4.60. The molecule has 0 aromatic heterocycles. The summed E-state index contributed by atoms with van der Waals surface area (Å²) in [6, 6.07) is 43.2. The minimum Gasteiger partial charge on any atom is -0.309 e. The van der Waals surface area contributed by atoms with Gasteiger partial charge in [0.1, 0.15) is 6.04 Å². The Balaban J connectivity index is 1.54. The van der Waals surface area contributed by atoms with Crippen molar-refractivity contribution in [3.63, 3.8) is 0 Å². The van der Waals surface area contributed by atoms with E-state index >= 15 is 0 Å². The maximum absolute atomic E-state index is 14.6. The lowest BCUT2D eigenvalue weighted by Crippen LogP contribution is -2.30. The number of rotatable bonds is 5. The highest BCUT2D eigenvalue weighted by atomic mass is 19.4. The molecule has 2 aliphatic rings. The van der Waals surface area contributed by atoms with Crippen molar-refractivity contribution >= 4 is 22.8 Å². The van der Waals surface area contributed by atoms with Crippen LogP contribution in [0, 0.1) is 0 Å². The van der Waals surface area contributed by atoms with Crippen molar-refractivity contribution in [1.29, 1.82) is 0 Å². The van der Waals surface area contributed by atoms with Crippen LogP contribution in [0.5, 0.6) is 0 Å². The number of hydrogen-bond acceptors (Lipinski definition) is 4. The lowest BCUT2D eigenvalue weighted by atomic mass is 9.95. The second-order valence-electron chi connectivity index (χ2n) is 10.4. The fraction of sp³-hybridized carbons (Fsp3) is 0.0541. The Morgan fingerprint density at radius 3 is 1.48 bits per heavy atom. The molecule has 0 fully saturated rings. The standard InChI is InChI=1S/C37H25F3N4/c38-37(39,40)29-23-13-14-24-30(29)44-34(28-21-11-4-12-22-28)33(27-19-9-3-10-20-27)43-36(44)35-41-31(25-15-5-1-6-16-25)32(42-35)26-17-7-2-8-18-26/h1-24,34H. The highest BCUT2D eigenvalue weighted by Crippen LogP contribution is 2.46. The van der Waals surface area contributed by atoms with Crippen LogP contribution in [-0.4, -0.2) is 17.1 Å². The van der Waals surface area contributed by atoms with Gasteiger partial charge in [-0.1, -0.05) is 133 Å². The molecular formula is C37H25F3N4. The molecule has 4 nitrogen and oxygen atoms in total. The zero-order chi connectivity index (χ0) is 30.1. The zero-order valence-corrected chi connectivity index (χ0v) is 23.4. The number of hydrogen-bond donors (Lipinski definition) is 0. The molecule has 0 bridgehead atoms. The largest absolute Gasteiger partial charge is 0.418 e. The van der Waals surface area contributed by atoms with Gasteiger partial charge in [-0.05, 0) is 23.3 Å². The van der Waals surface area contributed by atoms with Gasteiger partial charge in [-0.2, -0.15) is 13.2 Å². The van der Waals surface area contributed by atoms with Gasteiger partial charge < -0.3 is 4.90 Å². The molecule has 0 aliphatic carbocycles. The number of alkyl halides is 3. The Hall–Kier alpha value is -5.56. The van der Waals surface area contributed by atoms with Gasteiger partial charge in [0.25, 0.3) is 0 Å². The second-order valence-corrected chi connectivity index (χ2v) is 10.4. The van der Waals surface area contributed by atoms with Crippen molar-refractivity contribution in [1.82, 2.24) is 0 Å². The molecule has 7 rings (SSSR count). The summed E-state index contributed by atoms with van der Waals surface area (Å²) >= 11 is 0. The molecule has 7 heteroatoms. The van der Waals surface area contributed by atoms with E-state index in [0.29, 0.717) is 17.1 Å². The van der Waals surface area contributed by atoms with Gasteiger partial charge in [-0.15, -0.1) is 0 Å². The molecule has 2 aliphatic heterocycles. The Bertz CT molecular complexity index is 1870. The van der Waals surface area contributed by atoms with Crippen LogP contribution in [0.4, 0.5) is 18.9 Å². The lowest BCUT2D eigenvalue weighted by molar-refractivity contribution is -0.137. The molecule has 1 unspecified atom stereocenters. The third kappa shape index (κ3) is 5.02. The average Bonchev–Trinajstić information content (AvgIpc) is 3.69. The molecule has 44 heavy (non-hydrogen) atoms. The van der Waals surface area contributed by atoms with E-state index in [1.807, 2.05) is 121 Å². The first-order valence-corrected chi connectivity index (χ1v) is 14.2. The van der Waals surface area contributed by atoms with Crippen molar-refractivity contribution in [3.05, 3.63) is 185 Å². The SMILES string of the molecule is FC(F)(F)c1ccccc1N1C(=C2N=C(c3ccccc3)C(c3ccccc3)=N2)N=C(c2ccccc2)C1c1ccccc1. The minimum absolute atomic E-state index is 0.0224. The maximum atomic E-state index is 14.6. The van der Waals surface area contributed by atoms with Crippen LogP contribution in [-0.2, 0) is 6.18 Å². The maximum Gasteiger partial charge on any atom is 0.418 e. The Morgan fingerprint density at radius 1 is 0.500 bits per heavy atom. The van der Waals surface area contributed by atoms with Gasteiger partial charge in [0.05, 0.1) is 28.4 Å². The number of aliphatic imine (C=N–C) groups is 3. The predicted molar refractivity (Wildman–Crippen MR) is 169 cm³/mol. The predicted octanol–water partition coefficient (Wildman–Crippen LogP) is 8.87. The molecule has 2 heterocycles. The number of benzene rings is 5. The molecule has 0 saturated carbocycles. The topological polar surface area (TPSA) is 40.3 Å². The van der Waals surface area contributed by atoms with Crippen molar-refractivity contribution in [2.75, 3.05) is 4.90 Å². The number of para-hydroxylation sites is 1. The molecule has 1 atom stereocenters. The van der Waals surface area contributed by atoms with E-state index in [9.17, 15) is 13.2 Å². The second kappa shape index (κ2) is 11.3. The van der Waals surface area contributed by atoms with E-state index in [0.717, 1.165) is 28.3 Å². The van der Waals surface area contributed by atoms with Crippen LogP contribution in [0.25, 0.3) is 0 Å². The monoisotopic (exact) mass is 582 g/mol. The normalized spacial score (nSPS) is 16.6. The molecule has 214 valence electrons. The van der Waals surface area contributed by atoms with Crippen LogP contribution in [0.3, 0.4) is 0 Å². The van der Waals surface area contributed by atoms with E-state index < -0.39 is 17.8 Å².